The number of nitrogens with one attached hydrogen (secondary N) is 1. The van der Waals surface area contributed by atoms with Crippen LogP contribution < -0.4 is 5.32 Å². The molecule has 0 aliphatic carbocycles. The third-order valence-corrected chi connectivity index (χ3v) is 4.13. The van der Waals surface area contributed by atoms with Crippen LogP contribution in [0.2, 0.25) is 4.34 Å². The Labute approximate surface area is 120 Å². The first-order valence-electron chi connectivity index (χ1n) is 5.92. The summed E-state index contributed by atoms with van der Waals surface area (Å²) in [6.45, 7) is 3.83. The van der Waals surface area contributed by atoms with Crippen molar-refractivity contribution in [3.8, 4) is 0 Å². The van der Waals surface area contributed by atoms with Crippen LogP contribution in [-0.4, -0.2) is 0 Å². The molecule has 1 aromatic heterocycles. The molecule has 0 radical (unpaired) electrons. The van der Waals surface area contributed by atoms with Gasteiger partial charge in [0.05, 0.1) is 4.34 Å². The highest BCUT2D eigenvalue weighted by Gasteiger charge is 2.15. The molecule has 0 amide bonds. The van der Waals surface area contributed by atoms with E-state index in [1.807, 2.05) is 25.3 Å². The first-order chi connectivity index (χ1) is 8.97. The summed E-state index contributed by atoms with van der Waals surface area (Å²) in [6.07, 6.45) is 0. The van der Waals surface area contributed by atoms with Crippen LogP contribution in [0, 0.1) is 11.6 Å². The highest BCUT2D eigenvalue weighted by Crippen LogP contribution is 2.27. The van der Waals surface area contributed by atoms with Crippen LogP contribution in [0.1, 0.15) is 37.1 Å². The average molecular weight is 302 g/mol. The zero-order valence-electron chi connectivity index (χ0n) is 10.6. The Kier molecular flexibility index (Phi) is 4.55. The molecule has 0 aliphatic heterocycles. The van der Waals surface area contributed by atoms with Gasteiger partial charge in [0.15, 0.2) is 0 Å². The van der Waals surface area contributed by atoms with Crippen LogP contribution >= 0.6 is 22.9 Å². The minimum absolute atomic E-state index is 0.0446. The lowest BCUT2D eigenvalue weighted by Gasteiger charge is -2.20. The summed E-state index contributed by atoms with van der Waals surface area (Å²) in [5.74, 6) is -1.10. The van der Waals surface area contributed by atoms with E-state index < -0.39 is 11.6 Å². The van der Waals surface area contributed by atoms with Crippen molar-refractivity contribution in [3.63, 3.8) is 0 Å². The molecule has 1 nitrogen and oxygen atoms in total. The van der Waals surface area contributed by atoms with Crippen LogP contribution in [0.15, 0.2) is 29.6 Å². The van der Waals surface area contributed by atoms with Crippen molar-refractivity contribution in [2.24, 2.45) is 0 Å². The van der Waals surface area contributed by atoms with Crippen molar-refractivity contribution in [1.29, 1.82) is 0 Å². The molecule has 2 aromatic rings. The van der Waals surface area contributed by atoms with E-state index in [4.69, 9.17) is 11.6 Å². The van der Waals surface area contributed by atoms with Crippen LogP contribution in [-0.2, 0) is 0 Å². The first kappa shape index (κ1) is 14.4. The van der Waals surface area contributed by atoms with Crippen molar-refractivity contribution in [2.45, 2.75) is 25.9 Å². The fourth-order valence-corrected chi connectivity index (χ4v) is 2.95. The quantitative estimate of drug-likeness (QED) is 0.829. The number of rotatable bonds is 4. The normalized spacial score (nSPS) is 14.4. The molecule has 1 N–H and O–H groups in total. The molecular weight excluding hydrogens is 288 g/mol. The SMILES string of the molecule is CC(NC(C)c1ccc(F)cc1F)c1csc(Cl)c1. The summed E-state index contributed by atoms with van der Waals surface area (Å²) in [4.78, 5) is 0. The molecule has 2 atom stereocenters. The second-order valence-corrected chi connectivity index (χ2v) is 6.00. The largest absolute Gasteiger partial charge is 0.304 e. The van der Waals surface area contributed by atoms with Gasteiger partial charge in [0.25, 0.3) is 0 Å². The molecule has 2 unspecified atom stereocenters. The van der Waals surface area contributed by atoms with Crippen LogP contribution in [0.4, 0.5) is 8.78 Å². The van der Waals surface area contributed by atoms with E-state index in [0.29, 0.717) is 5.56 Å². The molecule has 2 rings (SSSR count). The smallest absolute Gasteiger partial charge is 0.130 e. The number of benzene rings is 1. The number of thiophene rings is 1. The van der Waals surface area contributed by atoms with E-state index >= 15 is 0 Å². The highest BCUT2D eigenvalue weighted by molar-refractivity contribution is 7.14. The molecule has 5 heteroatoms. The molecule has 0 saturated heterocycles. The molecule has 0 fully saturated rings. The Morgan fingerprint density at radius 2 is 1.89 bits per heavy atom. The van der Waals surface area contributed by atoms with Crippen molar-refractivity contribution in [1.82, 2.24) is 5.32 Å². The zero-order chi connectivity index (χ0) is 14.0. The maximum absolute atomic E-state index is 13.7. The zero-order valence-corrected chi connectivity index (χ0v) is 12.2. The minimum atomic E-state index is -0.564. The Hall–Kier alpha value is -0.970. The highest BCUT2D eigenvalue weighted by atomic mass is 35.5. The van der Waals surface area contributed by atoms with Crippen LogP contribution in [0.25, 0.3) is 0 Å². The van der Waals surface area contributed by atoms with Gasteiger partial charge in [-0.15, -0.1) is 11.3 Å². The number of halogens is 3. The van der Waals surface area contributed by atoms with E-state index in [0.717, 1.165) is 16.0 Å². The molecule has 0 saturated carbocycles. The Morgan fingerprint density at radius 3 is 2.47 bits per heavy atom. The Balaban J connectivity index is 2.10. The van der Waals surface area contributed by atoms with E-state index in [1.54, 1.807) is 0 Å². The van der Waals surface area contributed by atoms with Gasteiger partial charge in [0, 0.05) is 23.7 Å². The average Bonchev–Trinajstić information content (AvgIpc) is 2.75. The topological polar surface area (TPSA) is 12.0 Å². The van der Waals surface area contributed by atoms with Crippen LogP contribution in [0.5, 0.6) is 0 Å². The number of hydrogen-bond donors (Lipinski definition) is 1. The first-order valence-corrected chi connectivity index (χ1v) is 7.18. The van der Waals surface area contributed by atoms with Gasteiger partial charge in [-0.1, -0.05) is 17.7 Å². The van der Waals surface area contributed by atoms with Crippen molar-refractivity contribution >= 4 is 22.9 Å². The van der Waals surface area contributed by atoms with E-state index in [1.165, 1.54) is 23.5 Å². The van der Waals surface area contributed by atoms with Crippen molar-refractivity contribution in [2.75, 3.05) is 0 Å². The Morgan fingerprint density at radius 1 is 1.16 bits per heavy atom. The van der Waals surface area contributed by atoms with Crippen LogP contribution in [0.3, 0.4) is 0 Å². The minimum Gasteiger partial charge on any atom is -0.304 e. The van der Waals surface area contributed by atoms with Gasteiger partial charge in [-0.2, -0.15) is 0 Å². The van der Waals surface area contributed by atoms with Gasteiger partial charge < -0.3 is 5.32 Å². The molecule has 1 aromatic carbocycles. The van der Waals surface area contributed by atoms with Gasteiger partial charge in [-0.3, -0.25) is 0 Å². The molecule has 0 spiro atoms. The predicted molar refractivity (Wildman–Crippen MR) is 75.7 cm³/mol. The molecule has 0 bridgehead atoms. The van der Waals surface area contributed by atoms with Crippen molar-refractivity contribution < 1.29 is 8.78 Å². The van der Waals surface area contributed by atoms with Crippen molar-refractivity contribution in [3.05, 3.63) is 56.7 Å². The second-order valence-electron chi connectivity index (χ2n) is 4.46. The van der Waals surface area contributed by atoms with Gasteiger partial charge in [-0.25, -0.2) is 8.78 Å². The lowest BCUT2D eigenvalue weighted by atomic mass is 10.1. The standard InChI is InChI=1S/C14H14ClF2NS/c1-8(10-5-14(15)19-7-10)18-9(2)12-4-3-11(16)6-13(12)17/h3-9,18H,1-2H3. The molecule has 102 valence electrons. The number of hydrogen-bond acceptors (Lipinski definition) is 2. The fraction of sp³-hybridized carbons (Fsp3) is 0.286. The summed E-state index contributed by atoms with van der Waals surface area (Å²) in [7, 11) is 0. The molecule has 19 heavy (non-hydrogen) atoms. The summed E-state index contributed by atoms with van der Waals surface area (Å²) in [6, 6.07) is 5.35. The van der Waals surface area contributed by atoms with E-state index in [2.05, 4.69) is 5.32 Å². The molecule has 1 heterocycles. The maximum Gasteiger partial charge on any atom is 0.130 e. The summed E-state index contributed by atoms with van der Waals surface area (Å²) in [5, 5.41) is 5.24. The lowest BCUT2D eigenvalue weighted by molar-refractivity contribution is 0.471. The third kappa shape index (κ3) is 3.53. The van der Waals surface area contributed by atoms with Gasteiger partial charge in [0.1, 0.15) is 11.6 Å². The Bertz CT molecular complexity index is 570. The summed E-state index contributed by atoms with van der Waals surface area (Å²) < 4.78 is 27.3. The monoisotopic (exact) mass is 301 g/mol. The second kappa shape index (κ2) is 5.99. The predicted octanol–water partition coefficient (Wildman–Crippen LogP) is 5.09. The summed E-state index contributed by atoms with van der Waals surface area (Å²) in [5.41, 5.74) is 1.51. The van der Waals surface area contributed by atoms with Gasteiger partial charge in [0.2, 0.25) is 0 Å². The molecular formula is C14H14ClF2NS. The lowest BCUT2D eigenvalue weighted by Crippen LogP contribution is -2.23. The summed E-state index contributed by atoms with van der Waals surface area (Å²) >= 11 is 7.35. The maximum atomic E-state index is 13.7. The molecule has 0 aliphatic rings. The third-order valence-electron chi connectivity index (χ3n) is 3.02. The van der Waals surface area contributed by atoms with E-state index in [-0.39, 0.29) is 12.1 Å². The van der Waals surface area contributed by atoms with E-state index in [9.17, 15) is 8.78 Å². The van der Waals surface area contributed by atoms with Gasteiger partial charge >= 0.3 is 0 Å². The fourth-order valence-electron chi connectivity index (χ4n) is 1.96. The van der Waals surface area contributed by atoms with Gasteiger partial charge in [-0.05, 0) is 36.9 Å².